The molecular formula is C13H18N4OS. The van der Waals surface area contributed by atoms with E-state index in [9.17, 15) is 0 Å². The van der Waals surface area contributed by atoms with Crippen LogP contribution >= 0.6 is 11.3 Å². The molecule has 102 valence electrons. The number of ether oxygens (including phenoxy) is 1. The van der Waals surface area contributed by atoms with E-state index in [4.69, 9.17) is 4.74 Å². The lowest BCUT2D eigenvalue weighted by molar-refractivity contribution is 0.326. The van der Waals surface area contributed by atoms with Crippen LogP contribution in [0.5, 0.6) is 5.88 Å². The lowest BCUT2D eigenvalue weighted by Crippen LogP contribution is -2.10. The van der Waals surface area contributed by atoms with Gasteiger partial charge in [-0.15, -0.1) is 11.3 Å². The summed E-state index contributed by atoms with van der Waals surface area (Å²) in [6.45, 7) is 8.49. The molecule has 2 heterocycles. The average Bonchev–Trinajstić information content (AvgIpc) is 2.75. The van der Waals surface area contributed by atoms with Crippen molar-refractivity contribution >= 4 is 17.3 Å². The highest BCUT2D eigenvalue weighted by molar-refractivity contribution is 7.09. The number of anilines is 1. The fourth-order valence-electron chi connectivity index (χ4n) is 1.65. The molecule has 2 aromatic rings. The maximum Gasteiger partial charge on any atom is 0.226 e. The van der Waals surface area contributed by atoms with Crippen LogP contribution < -0.4 is 10.1 Å². The normalized spacial score (nSPS) is 12.2. The van der Waals surface area contributed by atoms with Gasteiger partial charge in [-0.3, -0.25) is 0 Å². The Morgan fingerprint density at radius 1 is 1.26 bits per heavy atom. The third-order valence-corrected chi connectivity index (χ3v) is 3.62. The van der Waals surface area contributed by atoms with Gasteiger partial charge in [-0.25, -0.2) is 9.97 Å². The molecule has 0 amide bonds. The van der Waals surface area contributed by atoms with Crippen LogP contribution in [0, 0.1) is 13.8 Å². The molecule has 0 radical (unpaired) electrons. The Labute approximate surface area is 117 Å². The minimum absolute atomic E-state index is 0.0787. The minimum atomic E-state index is 0.0787. The van der Waals surface area contributed by atoms with Gasteiger partial charge in [0.25, 0.3) is 0 Å². The molecule has 0 aliphatic rings. The van der Waals surface area contributed by atoms with Crippen molar-refractivity contribution in [1.82, 2.24) is 15.0 Å². The molecular weight excluding hydrogens is 260 g/mol. The Hall–Kier alpha value is -1.69. The number of hydrogen-bond acceptors (Lipinski definition) is 6. The number of nitrogens with one attached hydrogen (secondary N) is 1. The monoisotopic (exact) mass is 278 g/mol. The van der Waals surface area contributed by atoms with E-state index in [-0.39, 0.29) is 6.04 Å². The molecule has 0 aliphatic carbocycles. The van der Waals surface area contributed by atoms with Crippen molar-refractivity contribution in [3.63, 3.8) is 0 Å². The number of aromatic nitrogens is 3. The molecule has 2 rings (SSSR count). The number of nitrogens with zero attached hydrogens (tertiary/aromatic N) is 3. The number of thiazole rings is 1. The summed E-state index contributed by atoms with van der Waals surface area (Å²) in [5.41, 5.74) is 1.91. The highest BCUT2D eigenvalue weighted by Crippen LogP contribution is 2.21. The van der Waals surface area contributed by atoms with Crippen LogP contribution in [0.2, 0.25) is 0 Å². The Bertz CT molecular complexity index is 555. The summed E-state index contributed by atoms with van der Waals surface area (Å²) in [5, 5.41) is 6.32. The van der Waals surface area contributed by atoms with E-state index >= 15 is 0 Å². The molecule has 1 atom stereocenters. The predicted molar refractivity (Wildman–Crippen MR) is 76.8 cm³/mol. The second-order valence-electron chi connectivity index (χ2n) is 4.30. The standard InChI is InChI=1S/C13H18N4OS/c1-5-18-11-6-8(2)15-13(17-11)16-10(4)12-14-9(3)7-19-12/h6-7,10H,5H2,1-4H3,(H,15,16,17). The van der Waals surface area contributed by atoms with Crippen LogP contribution in [0.4, 0.5) is 5.95 Å². The molecule has 6 heteroatoms. The van der Waals surface area contributed by atoms with Gasteiger partial charge in [-0.2, -0.15) is 4.98 Å². The van der Waals surface area contributed by atoms with Gasteiger partial charge >= 0.3 is 0 Å². The smallest absolute Gasteiger partial charge is 0.226 e. The Morgan fingerprint density at radius 2 is 2.05 bits per heavy atom. The van der Waals surface area contributed by atoms with Gasteiger partial charge < -0.3 is 10.1 Å². The highest BCUT2D eigenvalue weighted by Gasteiger charge is 2.11. The van der Waals surface area contributed by atoms with Gasteiger partial charge in [0.15, 0.2) is 0 Å². The molecule has 19 heavy (non-hydrogen) atoms. The fourth-order valence-corrected chi connectivity index (χ4v) is 2.46. The first-order valence-corrected chi connectivity index (χ1v) is 7.13. The van der Waals surface area contributed by atoms with Crippen molar-refractivity contribution < 1.29 is 4.74 Å². The molecule has 0 bridgehead atoms. The third-order valence-electron chi connectivity index (χ3n) is 2.48. The first-order valence-electron chi connectivity index (χ1n) is 6.25. The van der Waals surface area contributed by atoms with Crippen LogP contribution in [-0.4, -0.2) is 21.6 Å². The molecule has 0 saturated carbocycles. The fraction of sp³-hybridized carbons (Fsp3) is 0.462. The summed E-state index contributed by atoms with van der Waals surface area (Å²) in [4.78, 5) is 13.1. The first kappa shape index (κ1) is 13.7. The molecule has 1 N–H and O–H groups in total. The summed E-state index contributed by atoms with van der Waals surface area (Å²) in [7, 11) is 0. The number of rotatable bonds is 5. The van der Waals surface area contributed by atoms with Crippen LogP contribution in [0.1, 0.15) is 36.3 Å². The van der Waals surface area contributed by atoms with Crippen LogP contribution in [0.15, 0.2) is 11.4 Å². The molecule has 0 fully saturated rings. The van der Waals surface area contributed by atoms with Gasteiger partial charge in [-0.05, 0) is 27.7 Å². The zero-order valence-corrected chi connectivity index (χ0v) is 12.4. The SMILES string of the molecule is CCOc1cc(C)nc(NC(C)c2nc(C)cs2)n1. The van der Waals surface area contributed by atoms with Crippen molar-refractivity contribution in [2.24, 2.45) is 0 Å². The lowest BCUT2D eigenvalue weighted by Gasteiger charge is -2.12. The van der Waals surface area contributed by atoms with Crippen molar-refractivity contribution in [2.45, 2.75) is 33.7 Å². The van der Waals surface area contributed by atoms with Crippen LogP contribution in [-0.2, 0) is 0 Å². The van der Waals surface area contributed by atoms with E-state index in [0.717, 1.165) is 16.4 Å². The molecule has 1 unspecified atom stereocenters. The summed E-state index contributed by atoms with van der Waals surface area (Å²) >= 11 is 1.64. The van der Waals surface area contributed by atoms with E-state index in [2.05, 4.69) is 20.3 Å². The minimum Gasteiger partial charge on any atom is -0.478 e. The topological polar surface area (TPSA) is 59.9 Å². The largest absolute Gasteiger partial charge is 0.478 e. The Balaban J connectivity index is 2.14. The quantitative estimate of drug-likeness (QED) is 0.910. The summed E-state index contributed by atoms with van der Waals surface area (Å²) in [6, 6.07) is 1.90. The molecule has 0 aliphatic heterocycles. The second-order valence-corrected chi connectivity index (χ2v) is 5.19. The predicted octanol–water partition coefficient (Wildman–Crippen LogP) is 3.12. The Morgan fingerprint density at radius 3 is 2.68 bits per heavy atom. The van der Waals surface area contributed by atoms with E-state index in [0.29, 0.717) is 18.4 Å². The van der Waals surface area contributed by atoms with Crippen molar-refractivity contribution in [3.05, 3.63) is 27.8 Å². The maximum absolute atomic E-state index is 5.41. The van der Waals surface area contributed by atoms with Crippen molar-refractivity contribution in [1.29, 1.82) is 0 Å². The first-order chi connectivity index (χ1) is 9.08. The zero-order chi connectivity index (χ0) is 13.8. The van der Waals surface area contributed by atoms with Gasteiger partial charge in [0, 0.05) is 22.8 Å². The van der Waals surface area contributed by atoms with Crippen LogP contribution in [0.3, 0.4) is 0 Å². The van der Waals surface area contributed by atoms with Gasteiger partial charge in [0.05, 0.1) is 12.6 Å². The number of aryl methyl sites for hydroxylation is 2. The van der Waals surface area contributed by atoms with Crippen molar-refractivity contribution in [3.8, 4) is 5.88 Å². The van der Waals surface area contributed by atoms with E-state index < -0.39 is 0 Å². The van der Waals surface area contributed by atoms with Gasteiger partial charge in [-0.1, -0.05) is 0 Å². The summed E-state index contributed by atoms with van der Waals surface area (Å²) in [6.07, 6.45) is 0. The van der Waals surface area contributed by atoms with Crippen molar-refractivity contribution in [2.75, 3.05) is 11.9 Å². The summed E-state index contributed by atoms with van der Waals surface area (Å²) < 4.78 is 5.41. The molecule has 0 spiro atoms. The lowest BCUT2D eigenvalue weighted by atomic mass is 10.3. The van der Waals surface area contributed by atoms with E-state index in [1.165, 1.54) is 0 Å². The highest BCUT2D eigenvalue weighted by atomic mass is 32.1. The van der Waals surface area contributed by atoms with E-state index in [1.54, 1.807) is 11.3 Å². The second kappa shape index (κ2) is 5.97. The average molecular weight is 278 g/mol. The molecule has 0 saturated heterocycles. The Kier molecular flexibility index (Phi) is 4.31. The van der Waals surface area contributed by atoms with Gasteiger partial charge in [0.2, 0.25) is 11.8 Å². The third kappa shape index (κ3) is 3.64. The summed E-state index contributed by atoms with van der Waals surface area (Å²) in [5.74, 6) is 1.17. The zero-order valence-electron chi connectivity index (χ0n) is 11.6. The molecule has 5 nitrogen and oxygen atoms in total. The molecule has 0 aromatic carbocycles. The molecule has 2 aromatic heterocycles. The maximum atomic E-state index is 5.41. The van der Waals surface area contributed by atoms with E-state index in [1.807, 2.05) is 39.1 Å². The van der Waals surface area contributed by atoms with Gasteiger partial charge in [0.1, 0.15) is 5.01 Å². The van der Waals surface area contributed by atoms with Crippen LogP contribution in [0.25, 0.3) is 0 Å². The number of hydrogen-bond donors (Lipinski definition) is 1.